The summed E-state index contributed by atoms with van der Waals surface area (Å²) in [6.07, 6.45) is 0.881. The third-order valence-electron chi connectivity index (χ3n) is 3.40. The first kappa shape index (κ1) is 15.4. The van der Waals surface area contributed by atoms with E-state index in [-0.39, 0.29) is 5.38 Å². The number of hydrogen-bond donors (Lipinski definition) is 0. The zero-order chi connectivity index (χ0) is 14.5. The summed E-state index contributed by atoms with van der Waals surface area (Å²) in [4.78, 5) is 0. The van der Waals surface area contributed by atoms with Crippen LogP contribution in [0.4, 0.5) is 0 Å². The van der Waals surface area contributed by atoms with E-state index < -0.39 is 0 Å². The van der Waals surface area contributed by atoms with E-state index in [4.69, 9.17) is 16.3 Å². The summed E-state index contributed by atoms with van der Waals surface area (Å²) in [5.41, 5.74) is 2.34. The van der Waals surface area contributed by atoms with Crippen LogP contribution in [-0.4, -0.2) is 7.11 Å². The molecule has 0 saturated heterocycles. The highest BCUT2D eigenvalue weighted by atomic mass is 79.9. The number of ether oxygens (including phenoxy) is 1. The Morgan fingerprint density at radius 1 is 1.15 bits per heavy atom. The summed E-state index contributed by atoms with van der Waals surface area (Å²) >= 11 is 10.1. The van der Waals surface area contributed by atoms with Crippen LogP contribution in [-0.2, 0) is 6.42 Å². The number of benzene rings is 2. The van der Waals surface area contributed by atoms with Crippen molar-refractivity contribution >= 4 is 27.5 Å². The summed E-state index contributed by atoms with van der Waals surface area (Å²) in [6.45, 7) is 2.17. The molecule has 2 aromatic carbocycles. The van der Waals surface area contributed by atoms with Gasteiger partial charge in [-0.1, -0.05) is 53.2 Å². The zero-order valence-corrected chi connectivity index (χ0v) is 14.0. The third-order valence-corrected chi connectivity index (χ3v) is 4.58. The van der Waals surface area contributed by atoms with Crippen LogP contribution >= 0.6 is 27.5 Å². The summed E-state index contributed by atoms with van der Waals surface area (Å²) in [5, 5.41) is -0.000104. The van der Waals surface area contributed by atoms with Gasteiger partial charge in [-0.3, -0.25) is 0 Å². The molecule has 1 nitrogen and oxygen atoms in total. The fraction of sp³-hybridized carbons (Fsp3) is 0.294. The summed E-state index contributed by atoms with van der Waals surface area (Å²) in [6, 6.07) is 16.3. The second-order valence-electron chi connectivity index (χ2n) is 4.95. The molecule has 0 fully saturated rings. The van der Waals surface area contributed by atoms with Gasteiger partial charge in [0.05, 0.1) is 12.5 Å². The van der Waals surface area contributed by atoms with E-state index in [9.17, 15) is 0 Å². The van der Waals surface area contributed by atoms with Crippen LogP contribution in [0.1, 0.15) is 23.4 Å². The van der Waals surface area contributed by atoms with Crippen LogP contribution in [0.15, 0.2) is 53.0 Å². The molecular weight excluding hydrogens is 336 g/mol. The normalized spacial score (nSPS) is 13.8. The molecule has 3 heteroatoms. The van der Waals surface area contributed by atoms with Gasteiger partial charge in [-0.25, -0.2) is 0 Å². The van der Waals surface area contributed by atoms with Gasteiger partial charge in [-0.15, -0.1) is 11.6 Å². The Morgan fingerprint density at radius 3 is 2.50 bits per heavy atom. The smallest absolute Gasteiger partial charge is 0.122 e. The minimum atomic E-state index is -0.000104. The first-order valence-electron chi connectivity index (χ1n) is 6.63. The molecule has 2 aromatic rings. The SMILES string of the molecule is COc1ccc(Br)cc1CC(C)C(Cl)c1ccccc1. The molecule has 2 atom stereocenters. The van der Waals surface area contributed by atoms with E-state index in [1.807, 2.05) is 30.3 Å². The van der Waals surface area contributed by atoms with Gasteiger partial charge in [0, 0.05) is 4.47 Å². The van der Waals surface area contributed by atoms with Crippen LogP contribution in [0.25, 0.3) is 0 Å². The Bertz CT molecular complexity index is 556. The number of rotatable bonds is 5. The topological polar surface area (TPSA) is 9.23 Å². The van der Waals surface area contributed by atoms with E-state index in [0.717, 1.165) is 22.2 Å². The van der Waals surface area contributed by atoms with Crippen LogP contribution < -0.4 is 4.74 Å². The van der Waals surface area contributed by atoms with Crippen LogP contribution in [0.5, 0.6) is 5.75 Å². The molecule has 0 saturated carbocycles. The van der Waals surface area contributed by atoms with E-state index in [1.54, 1.807) is 7.11 Å². The third kappa shape index (κ3) is 3.77. The Hall–Kier alpha value is -0.990. The first-order chi connectivity index (χ1) is 9.61. The number of hydrogen-bond acceptors (Lipinski definition) is 1. The highest BCUT2D eigenvalue weighted by Gasteiger charge is 2.18. The standard InChI is InChI=1S/C17H18BrClO/c1-12(17(19)13-6-4-3-5-7-13)10-14-11-15(18)8-9-16(14)20-2/h3-9,11-12,17H,10H2,1-2H3. The molecule has 106 valence electrons. The fourth-order valence-corrected chi connectivity index (χ4v) is 2.97. The van der Waals surface area contributed by atoms with Gasteiger partial charge in [0.2, 0.25) is 0 Å². The number of methoxy groups -OCH3 is 1. The lowest BCUT2D eigenvalue weighted by Gasteiger charge is -2.20. The van der Waals surface area contributed by atoms with E-state index in [2.05, 4.69) is 41.1 Å². The Kier molecular flexibility index (Phi) is 5.50. The van der Waals surface area contributed by atoms with Gasteiger partial charge in [-0.05, 0) is 41.7 Å². The van der Waals surface area contributed by atoms with E-state index in [1.165, 1.54) is 5.56 Å². The van der Waals surface area contributed by atoms with Crippen molar-refractivity contribution in [2.45, 2.75) is 18.7 Å². The van der Waals surface area contributed by atoms with Gasteiger partial charge in [0.1, 0.15) is 5.75 Å². The second-order valence-corrected chi connectivity index (χ2v) is 6.34. The molecule has 0 N–H and O–H groups in total. The summed E-state index contributed by atoms with van der Waals surface area (Å²) in [5.74, 6) is 1.24. The van der Waals surface area contributed by atoms with Crippen molar-refractivity contribution < 1.29 is 4.74 Å². The predicted molar refractivity (Wildman–Crippen MR) is 88.6 cm³/mol. The minimum Gasteiger partial charge on any atom is -0.496 e. The lowest BCUT2D eigenvalue weighted by atomic mass is 9.93. The maximum absolute atomic E-state index is 6.59. The fourth-order valence-electron chi connectivity index (χ4n) is 2.32. The molecule has 0 heterocycles. The van der Waals surface area contributed by atoms with Crippen LogP contribution in [0.3, 0.4) is 0 Å². The molecule has 0 aliphatic rings. The van der Waals surface area contributed by atoms with Crippen molar-refractivity contribution in [1.29, 1.82) is 0 Å². The monoisotopic (exact) mass is 352 g/mol. The molecule has 0 amide bonds. The maximum atomic E-state index is 6.59. The van der Waals surface area contributed by atoms with Crippen molar-refractivity contribution in [3.05, 3.63) is 64.1 Å². The predicted octanol–water partition coefficient (Wildman–Crippen LogP) is 5.62. The van der Waals surface area contributed by atoms with Gasteiger partial charge in [-0.2, -0.15) is 0 Å². The molecule has 0 bridgehead atoms. The van der Waals surface area contributed by atoms with Gasteiger partial charge in [0.15, 0.2) is 0 Å². The Morgan fingerprint density at radius 2 is 1.85 bits per heavy atom. The quantitative estimate of drug-likeness (QED) is 0.634. The molecule has 0 aromatic heterocycles. The lowest BCUT2D eigenvalue weighted by molar-refractivity contribution is 0.404. The first-order valence-corrected chi connectivity index (χ1v) is 7.86. The Balaban J connectivity index is 2.15. The van der Waals surface area contributed by atoms with Gasteiger partial charge < -0.3 is 4.74 Å². The van der Waals surface area contributed by atoms with Crippen LogP contribution in [0, 0.1) is 5.92 Å². The van der Waals surface area contributed by atoms with Crippen molar-refractivity contribution in [3.63, 3.8) is 0 Å². The average Bonchev–Trinajstić information content (AvgIpc) is 2.47. The Labute approximate surface area is 134 Å². The molecule has 2 rings (SSSR count). The minimum absolute atomic E-state index is 0.000104. The molecular formula is C17H18BrClO. The second kappa shape index (κ2) is 7.14. The lowest BCUT2D eigenvalue weighted by Crippen LogP contribution is -2.08. The zero-order valence-electron chi connectivity index (χ0n) is 11.6. The molecule has 0 spiro atoms. The van der Waals surface area contributed by atoms with Gasteiger partial charge >= 0.3 is 0 Å². The highest BCUT2D eigenvalue weighted by Crippen LogP contribution is 2.34. The van der Waals surface area contributed by atoms with Crippen LogP contribution in [0.2, 0.25) is 0 Å². The molecule has 0 aliphatic carbocycles. The number of halogens is 2. The molecule has 0 aliphatic heterocycles. The summed E-state index contributed by atoms with van der Waals surface area (Å²) < 4.78 is 6.48. The molecule has 20 heavy (non-hydrogen) atoms. The summed E-state index contributed by atoms with van der Waals surface area (Å²) in [7, 11) is 1.70. The largest absolute Gasteiger partial charge is 0.496 e. The molecule has 2 unspecified atom stereocenters. The van der Waals surface area contributed by atoms with E-state index >= 15 is 0 Å². The van der Waals surface area contributed by atoms with Crippen molar-refractivity contribution in [2.75, 3.05) is 7.11 Å². The van der Waals surface area contributed by atoms with Crippen molar-refractivity contribution in [2.24, 2.45) is 5.92 Å². The highest BCUT2D eigenvalue weighted by molar-refractivity contribution is 9.10. The van der Waals surface area contributed by atoms with Gasteiger partial charge in [0.25, 0.3) is 0 Å². The molecule has 0 radical (unpaired) electrons. The van der Waals surface area contributed by atoms with Crippen molar-refractivity contribution in [3.8, 4) is 5.75 Å². The average molecular weight is 354 g/mol. The maximum Gasteiger partial charge on any atom is 0.122 e. The van der Waals surface area contributed by atoms with E-state index in [0.29, 0.717) is 5.92 Å². The number of alkyl halides is 1. The van der Waals surface area contributed by atoms with Crippen molar-refractivity contribution in [1.82, 2.24) is 0 Å².